The highest BCUT2D eigenvalue weighted by Gasteiger charge is 2.38. The molecule has 1 heterocycles. The van der Waals surface area contributed by atoms with E-state index in [1.54, 1.807) is 24.3 Å². The molecule has 22 heavy (non-hydrogen) atoms. The van der Waals surface area contributed by atoms with Gasteiger partial charge in [0.2, 0.25) is 0 Å². The van der Waals surface area contributed by atoms with E-state index < -0.39 is 17.7 Å². The molecule has 1 fully saturated rings. The van der Waals surface area contributed by atoms with E-state index in [1.165, 1.54) is 27.1 Å². The van der Waals surface area contributed by atoms with Crippen LogP contribution in [0.1, 0.15) is 24.2 Å². The summed E-state index contributed by atoms with van der Waals surface area (Å²) >= 11 is 0. The maximum Gasteiger partial charge on any atom is 0.350 e. The smallest absolute Gasteiger partial charge is 0.350 e. The van der Waals surface area contributed by atoms with E-state index >= 15 is 0 Å². The van der Waals surface area contributed by atoms with Crippen LogP contribution in [0.3, 0.4) is 0 Å². The van der Waals surface area contributed by atoms with Crippen LogP contribution < -0.4 is 10.6 Å². The van der Waals surface area contributed by atoms with Crippen LogP contribution in [0.4, 0.5) is 5.69 Å². The molecule has 7 heteroatoms. The Labute approximate surface area is 127 Å². The Morgan fingerprint density at radius 3 is 2.32 bits per heavy atom. The molecule has 1 aromatic rings. The van der Waals surface area contributed by atoms with Gasteiger partial charge in [0.15, 0.2) is 5.57 Å². The zero-order chi connectivity index (χ0) is 16.3. The van der Waals surface area contributed by atoms with E-state index in [-0.39, 0.29) is 11.5 Å². The predicted octanol–water partition coefficient (Wildman–Crippen LogP) is 1.18. The van der Waals surface area contributed by atoms with Gasteiger partial charge < -0.3 is 20.1 Å². The summed E-state index contributed by atoms with van der Waals surface area (Å²) in [7, 11) is 1.51. The predicted molar refractivity (Wildman–Crippen MR) is 77.8 cm³/mol. The number of para-hydroxylation sites is 1. The van der Waals surface area contributed by atoms with Crippen LogP contribution in [0, 0.1) is 0 Å². The molecule has 0 spiro atoms. The number of benzene rings is 1. The lowest BCUT2D eigenvalue weighted by Crippen LogP contribution is -2.42. The van der Waals surface area contributed by atoms with E-state index in [1.807, 2.05) is 0 Å². The highest BCUT2D eigenvalue weighted by molar-refractivity contribution is 6.15. The monoisotopic (exact) mass is 304 g/mol. The van der Waals surface area contributed by atoms with Crippen LogP contribution >= 0.6 is 0 Å². The van der Waals surface area contributed by atoms with Crippen LogP contribution in [0.2, 0.25) is 0 Å². The second-order valence-corrected chi connectivity index (χ2v) is 5.01. The van der Waals surface area contributed by atoms with Gasteiger partial charge in [-0.25, -0.2) is 9.59 Å². The lowest BCUT2D eigenvalue weighted by molar-refractivity contribution is -0.222. The van der Waals surface area contributed by atoms with Gasteiger partial charge in [-0.2, -0.15) is 0 Å². The van der Waals surface area contributed by atoms with Gasteiger partial charge in [0.1, 0.15) is 0 Å². The SMILES string of the molecule is CNC(=O)c1ccccc1NC=C1C(=O)OC(C)(C)OC1=O. The molecule has 116 valence electrons. The van der Waals surface area contributed by atoms with Gasteiger partial charge in [0.25, 0.3) is 11.7 Å². The van der Waals surface area contributed by atoms with Gasteiger partial charge in [-0.15, -0.1) is 0 Å². The summed E-state index contributed by atoms with van der Waals surface area (Å²) in [6, 6.07) is 6.67. The molecule has 0 saturated carbocycles. The third-order valence-electron chi connectivity index (χ3n) is 2.89. The highest BCUT2D eigenvalue weighted by atomic mass is 16.7. The number of carbonyl (C=O) groups is 3. The number of ether oxygens (including phenoxy) is 2. The van der Waals surface area contributed by atoms with Crippen LogP contribution in [0.25, 0.3) is 0 Å². The first-order chi connectivity index (χ1) is 10.3. The van der Waals surface area contributed by atoms with Crippen LogP contribution in [-0.2, 0) is 19.1 Å². The summed E-state index contributed by atoms with van der Waals surface area (Å²) in [5.74, 6) is -3.15. The van der Waals surface area contributed by atoms with Crippen molar-refractivity contribution in [1.82, 2.24) is 5.32 Å². The Morgan fingerprint density at radius 2 is 1.73 bits per heavy atom. The standard InChI is InChI=1S/C15H16N2O5/c1-15(2)21-13(19)10(14(20)22-15)8-17-11-7-5-4-6-9(11)12(18)16-3/h4-8,17H,1-3H3,(H,16,18). The Morgan fingerprint density at radius 1 is 1.14 bits per heavy atom. The number of anilines is 1. The molecule has 1 aliphatic rings. The summed E-state index contributed by atoms with van der Waals surface area (Å²) in [6.45, 7) is 2.93. The third kappa shape index (κ3) is 3.25. The van der Waals surface area contributed by atoms with E-state index in [0.29, 0.717) is 11.3 Å². The fraction of sp³-hybridized carbons (Fsp3) is 0.267. The fourth-order valence-corrected chi connectivity index (χ4v) is 1.87. The number of hydrogen-bond donors (Lipinski definition) is 2. The summed E-state index contributed by atoms with van der Waals surface area (Å²) in [5, 5.41) is 5.27. The van der Waals surface area contributed by atoms with Gasteiger partial charge in [-0.05, 0) is 12.1 Å². The lowest BCUT2D eigenvalue weighted by Gasteiger charge is -2.29. The average molecular weight is 304 g/mol. The minimum Gasteiger partial charge on any atom is -0.419 e. The first-order valence-electron chi connectivity index (χ1n) is 6.58. The molecular weight excluding hydrogens is 288 g/mol. The zero-order valence-corrected chi connectivity index (χ0v) is 12.4. The molecule has 0 aromatic heterocycles. The largest absolute Gasteiger partial charge is 0.419 e. The lowest BCUT2D eigenvalue weighted by atomic mass is 10.1. The average Bonchev–Trinajstić information content (AvgIpc) is 2.44. The number of nitrogens with one attached hydrogen (secondary N) is 2. The van der Waals surface area contributed by atoms with Crippen molar-refractivity contribution in [2.24, 2.45) is 0 Å². The number of amides is 1. The first kappa shape index (κ1) is 15.6. The zero-order valence-electron chi connectivity index (χ0n) is 12.4. The molecule has 0 aliphatic carbocycles. The molecular formula is C15H16N2O5. The summed E-state index contributed by atoms with van der Waals surface area (Å²) in [6.07, 6.45) is 1.17. The molecule has 7 nitrogen and oxygen atoms in total. The summed E-state index contributed by atoms with van der Waals surface area (Å²) in [4.78, 5) is 35.4. The minimum atomic E-state index is -1.29. The molecule has 0 atom stereocenters. The topological polar surface area (TPSA) is 93.7 Å². The number of cyclic esters (lactones) is 2. The van der Waals surface area contributed by atoms with Gasteiger partial charge in [0.05, 0.1) is 11.3 Å². The fourth-order valence-electron chi connectivity index (χ4n) is 1.87. The van der Waals surface area contributed by atoms with Crippen molar-refractivity contribution < 1.29 is 23.9 Å². The van der Waals surface area contributed by atoms with E-state index in [2.05, 4.69) is 10.6 Å². The van der Waals surface area contributed by atoms with Crippen LogP contribution in [0.5, 0.6) is 0 Å². The van der Waals surface area contributed by atoms with Gasteiger partial charge in [-0.1, -0.05) is 12.1 Å². The summed E-state index contributed by atoms with van der Waals surface area (Å²) < 4.78 is 9.95. The van der Waals surface area contributed by atoms with Gasteiger partial charge in [-0.3, -0.25) is 4.79 Å². The first-order valence-corrected chi connectivity index (χ1v) is 6.58. The van der Waals surface area contributed by atoms with E-state index in [9.17, 15) is 14.4 Å². The molecule has 1 amide bonds. The van der Waals surface area contributed by atoms with Gasteiger partial charge >= 0.3 is 11.9 Å². The van der Waals surface area contributed by atoms with Crippen LogP contribution in [0.15, 0.2) is 36.0 Å². The third-order valence-corrected chi connectivity index (χ3v) is 2.89. The van der Waals surface area contributed by atoms with Crippen molar-refractivity contribution in [2.75, 3.05) is 12.4 Å². The van der Waals surface area contributed by atoms with Crippen LogP contribution in [-0.4, -0.2) is 30.7 Å². The summed E-state index contributed by atoms with van der Waals surface area (Å²) in [5.41, 5.74) is 0.547. The molecule has 1 aliphatic heterocycles. The van der Waals surface area contributed by atoms with E-state index in [4.69, 9.17) is 9.47 Å². The quantitative estimate of drug-likeness (QED) is 0.495. The molecule has 2 N–H and O–H groups in total. The molecule has 0 unspecified atom stereocenters. The Hall–Kier alpha value is -2.83. The minimum absolute atomic E-state index is 0.272. The molecule has 1 saturated heterocycles. The Balaban J connectivity index is 2.24. The normalized spacial score (nSPS) is 16.4. The van der Waals surface area contributed by atoms with Gasteiger partial charge in [0, 0.05) is 27.1 Å². The second kappa shape index (κ2) is 5.88. The maximum atomic E-state index is 11.8. The van der Waals surface area contributed by atoms with Crippen molar-refractivity contribution in [3.05, 3.63) is 41.6 Å². The number of hydrogen-bond acceptors (Lipinski definition) is 6. The molecule has 2 rings (SSSR count). The maximum absolute atomic E-state index is 11.8. The molecule has 1 aromatic carbocycles. The highest BCUT2D eigenvalue weighted by Crippen LogP contribution is 2.23. The van der Waals surface area contributed by atoms with Crippen molar-refractivity contribution in [2.45, 2.75) is 19.6 Å². The molecule has 0 bridgehead atoms. The number of esters is 2. The molecule has 0 radical (unpaired) electrons. The van der Waals surface area contributed by atoms with Crippen molar-refractivity contribution in [3.8, 4) is 0 Å². The number of carbonyl (C=O) groups excluding carboxylic acids is 3. The Kier molecular flexibility index (Phi) is 4.16. The van der Waals surface area contributed by atoms with Crippen molar-refractivity contribution in [1.29, 1.82) is 0 Å². The number of rotatable bonds is 3. The second-order valence-electron chi connectivity index (χ2n) is 5.01. The Bertz CT molecular complexity index is 642. The van der Waals surface area contributed by atoms with Crippen molar-refractivity contribution >= 4 is 23.5 Å². The van der Waals surface area contributed by atoms with E-state index in [0.717, 1.165) is 0 Å². The van der Waals surface area contributed by atoms with Crippen molar-refractivity contribution in [3.63, 3.8) is 0 Å².